The van der Waals surface area contributed by atoms with Gasteiger partial charge in [-0.1, -0.05) is 6.07 Å². The quantitative estimate of drug-likeness (QED) is 0.814. The molecule has 0 bridgehead atoms. The van der Waals surface area contributed by atoms with Crippen LogP contribution in [0.2, 0.25) is 0 Å². The summed E-state index contributed by atoms with van der Waals surface area (Å²) in [4.78, 5) is 26.1. The number of hydrogen-bond donors (Lipinski definition) is 2. The monoisotopic (exact) mass is 358 g/mol. The van der Waals surface area contributed by atoms with Crippen LogP contribution in [0, 0.1) is 11.8 Å². The molecule has 0 unspecified atom stereocenters. The molecule has 1 aromatic rings. The van der Waals surface area contributed by atoms with Crippen molar-refractivity contribution in [1.82, 2.24) is 10.2 Å². The highest BCUT2D eigenvalue weighted by atomic mass is 16.5. The Morgan fingerprint density at radius 2 is 2.08 bits per heavy atom. The molecule has 2 saturated heterocycles. The summed E-state index contributed by atoms with van der Waals surface area (Å²) in [5.41, 5.74) is 0.245. The van der Waals surface area contributed by atoms with Crippen molar-refractivity contribution in [2.24, 2.45) is 11.8 Å². The first-order chi connectivity index (χ1) is 12.6. The van der Waals surface area contributed by atoms with Crippen molar-refractivity contribution in [3.8, 4) is 5.75 Å². The summed E-state index contributed by atoms with van der Waals surface area (Å²) in [5.74, 6) is 1.17. The van der Waals surface area contributed by atoms with Gasteiger partial charge in [-0.3, -0.25) is 9.59 Å². The second-order valence-electron chi connectivity index (χ2n) is 7.90. The third-order valence-electron chi connectivity index (χ3n) is 5.88. The molecule has 1 spiro atoms. The number of benzene rings is 1. The Kier molecular flexibility index (Phi) is 4.61. The van der Waals surface area contributed by atoms with Gasteiger partial charge < -0.3 is 20.1 Å². The molecule has 1 aromatic carbocycles. The van der Waals surface area contributed by atoms with Crippen LogP contribution in [0.5, 0.6) is 5.75 Å². The van der Waals surface area contributed by atoms with E-state index in [2.05, 4.69) is 5.32 Å². The summed E-state index contributed by atoms with van der Waals surface area (Å²) in [7, 11) is 0. The Hall–Kier alpha value is -2.08. The Balaban J connectivity index is 1.27. The van der Waals surface area contributed by atoms with Gasteiger partial charge in [0.05, 0.1) is 13.1 Å². The molecular formula is C20H26N2O4. The van der Waals surface area contributed by atoms with Crippen LogP contribution in [-0.4, -0.2) is 53.7 Å². The Labute approximate surface area is 153 Å². The van der Waals surface area contributed by atoms with Crippen LogP contribution in [0.3, 0.4) is 0 Å². The van der Waals surface area contributed by atoms with Gasteiger partial charge in [0.1, 0.15) is 11.4 Å². The van der Waals surface area contributed by atoms with Crippen LogP contribution >= 0.6 is 0 Å². The second-order valence-corrected chi connectivity index (χ2v) is 7.90. The molecule has 2 heterocycles. The van der Waals surface area contributed by atoms with E-state index in [1.165, 1.54) is 18.9 Å². The largest absolute Gasteiger partial charge is 0.508 e. The number of likely N-dealkylation sites (tertiary alicyclic amines) is 1. The molecule has 3 aliphatic rings. The zero-order valence-electron chi connectivity index (χ0n) is 14.9. The number of rotatable bonds is 6. The van der Waals surface area contributed by atoms with E-state index >= 15 is 0 Å². The number of phenolic OH excluding ortho intramolecular Hbond substituents is 1. The van der Waals surface area contributed by atoms with Crippen molar-refractivity contribution in [1.29, 1.82) is 0 Å². The minimum absolute atomic E-state index is 0.0708. The van der Waals surface area contributed by atoms with Crippen molar-refractivity contribution in [3.63, 3.8) is 0 Å². The summed E-state index contributed by atoms with van der Waals surface area (Å²) in [6, 6.07) is 6.45. The van der Waals surface area contributed by atoms with Gasteiger partial charge in [0.2, 0.25) is 5.91 Å². The lowest BCUT2D eigenvalue weighted by atomic mass is 9.78. The molecule has 6 nitrogen and oxygen atoms in total. The van der Waals surface area contributed by atoms with Crippen molar-refractivity contribution < 1.29 is 19.4 Å². The maximum Gasteiger partial charge on any atom is 0.254 e. The van der Waals surface area contributed by atoms with Gasteiger partial charge in [-0.2, -0.15) is 0 Å². The second kappa shape index (κ2) is 6.91. The number of amides is 2. The molecule has 0 radical (unpaired) electrons. The Morgan fingerprint density at radius 3 is 2.81 bits per heavy atom. The summed E-state index contributed by atoms with van der Waals surface area (Å²) >= 11 is 0. The maximum atomic E-state index is 12.5. The van der Waals surface area contributed by atoms with Gasteiger partial charge >= 0.3 is 0 Å². The maximum absolute atomic E-state index is 12.5. The highest BCUT2D eigenvalue weighted by molar-refractivity contribution is 5.95. The van der Waals surface area contributed by atoms with Gasteiger partial charge in [0, 0.05) is 25.1 Å². The molecule has 2 N–H and O–H groups in total. The number of ether oxygens (including phenoxy) is 1. The summed E-state index contributed by atoms with van der Waals surface area (Å²) in [5, 5.41) is 12.6. The fraction of sp³-hybridized carbons (Fsp3) is 0.600. The topological polar surface area (TPSA) is 78.9 Å². The van der Waals surface area contributed by atoms with Crippen LogP contribution in [0.1, 0.15) is 42.5 Å². The number of carbonyl (C=O) groups excluding carboxylic acids is 2. The average molecular weight is 358 g/mol. The molecule has 2 aliphatic heterocycles. The molecule has 1 saturated carbocycles. The molecule has 6 heteroatoms. The average Bonchev–Trinajstić information content (AvgIpc) is 3.29. The predicted octanol–water partition coefficient (Wildman–Crippen LogP) is 1.93. The normalized spacial score (nSPS) is 23.7. The van der Waals surface area contributed by atoms with Crippen molar-refractivity contribution >= 4 is 11.8 Å². The van der Waals surface area contributed by atoms with Crippen LogP contribution in [-0.2, 0) is 9.53 Å². The van der Waals surface area contributed by atoms with Crippen molar-refractivity contribution in [2.45, 2.75) is 37.7 Å². The number of aromatic hydroxyl groups is 1. The van der Waals surface area contributed by atoms with Crippen LogP contribution < -0.4 is 5.32 Å². The fourth-order valence-corrected chi connectivity index (χ4v) is 4.15. The molecule has 26 heavy (non-hydrogen) atoms. The molecule has 0 aromatic heterocycles. The molecule has 2 amide bonds. The van der Waals surface area contributed by atoms with Gasteiger partial charge in [-0.25, -0.2) is 0 Å². The Morgan fingerprint density at radius 1 is 1.27 bits per heavy atom. The zero-order chi connectivity index (χ0) is 18.1. The number of hydrogen-bond acceptors (Lipinski definition) is 4. The highest BCUT2D eigenvalue weighted by Gasteiger charge is 2.54. The molecular weight excluding hydrogens is 332 g/mol. The molecule has 1 aliphatic carbocycles. The standard InChI is InChI=1S/C20H26N2O4/c23-17-3-1-2-15(11-17)19(25)22-12-20(13-22)16(7-9-26-20)6-8-21-18(24)10-14-4-5-14/h1-3,11,14,16,23H,4-10,12-13H2,(H,21,24)/t16-/m0/s1. The fourth-order valence-electron chi connectivity index (χ4n) is 4.15. The number of carbonyl (C=O) groups is 2. The highest BCUT2D eigenvalue weighted by Crippen LogP contribution is 2.42. The van der Waals surface area contributed by atoms with Gasteiger partial charge in [-0.15, -0.1) is 0 Å². The summed E-state index contributed by atoms with van der Waals surface area (Å²) in [6.45, 7) is 2.57. The van der Waals surface area contributed by atoms with Gasteiger partial charge in [0.25, 0.3) is 5.91 Å². The summed E-state index contributed by atoms with van der Waals surface area (Å²) < 4.78 is 6.01. The third-order valence-corrected chi connectivity index (χ3v) is 5.88. The van der Waals surface area contributed by atoms with E-state index < -0.39 is 0 Å². The number of phenols is 1. The zero-order valence-corrected chi connectivity index (χ0v) is 14.9. The van der Waals surface area contributed by atoms with E-state index in [1.54, 1.807) is 23.1 Å². The van der Waals surface area contributed by atoms with E-state index in [-0.39, 0.29) is 23.2 Å². The minimum Gasteiger partial charge on any atom is -0.508 e. The van der Waals surface area contributed by atoms with E-state index in [9.17, 15) is 14.7 Å². The predicted molar refractivity (Wildman–Crippen MR) is 95.8 cm³/mol. The summed E-state index contributed by atoms with van der Waals surface area (Å²) in [6.07, 6.45) is 4.92. The molecule has 1 atom stereocenters. The van der Waals surface area contributed by atoms with E-state index in [1.807, 2.05) is 0 Å². The van der Waals surface area contributed by atoms with Gasteiger partial charge in [-0.05, 0) is 55.7 Å². The number of nitrogens with zero attached hydrogens (tertiary/aromatic N) is 1. The molecule has 4 rings (SSSR count). The first-order valence-electron chi connectivity index (χ1n) is 9.55. The van der Waals surface area contributed by atoms with E-state index in [0.29, 0.717) is 43.5 Å². The first-order valence-corrected chi connectivity index (χ1v) is 9.55. The van der Waals surface area contributed by atoms with Crippen LogP contribution in [0.25, 0.3) is 0 Å². The van der Waals surface area contributed by atoms with Crippen molar-refractivity contribution in [3.05, 3.63) is 29.8 Å². The first kappa shape index (κ1) is 17.3. The smallest absolute Gasteiger partial charge is 0.254 e. The minimum atomic E-state index is -0.256. The molecule has 3 fully saturated rings. The third kappa shape index (κ3) is 3.56. The van der Waals surface area contributed by atoms with Crippen LogP contribution in [0.15, 0.2) is 24.3 Å². The Bertz CT molecular complexity index is 695. The van der Waals surface area contributed by atoms with Crippen molar-refractivity contribution in [2.75, 3.05) is 26.2 Å². The van der Waals surface area contributed by atoms with Crippen LogP contribution in [0.4, 0.5) is 0 Å². The lowest BCUT2D eigenvalue weighted by molar-refractivity contribution is -0.123. The van der Waals surface area contributed by atoms with Gasteiger partial charge in [0.15, 0.2) is 0 Å². The van der Waals surface area contributed by atoms with E-state index in [4.69, 9.17) is 4.74 Å². The SMILES string of the molecule is O=C(CC1CC1)NCC[C@H]1CCOC12CN(C(=O)c1cccc(O)c1)C2. The van der Waals surface area contributed by atoms with E-state index in [0.717, 1.165) is 19.4 Å². The lowest BCUT2D eigenvalue weighted by Crippen LogP contribution is -2.66. The lowest BCUT2D eigenvalue weighted by Gasteiger charge is -2.50. The number of nitrogens with one attached hydrogen (secondary N) is 1. The molecule has 140 valence electrons.